The van der Waals surface area contributed by atoms with Crippen LogP contribution in [0.2, 0.25) is 0 Å². The lowest BCUT2D eigenvalue weighted by atomic mass is 9.74. The molecule has 0 aliphatic heterocycles. The summed E-state index contributed by atoms with van der Waals surface area (Å²) in [6.07, 6.45) is 6.37. The second-order valence-corrected chi connectivity index (χ2v) is 42.9. The Balaban J connectivity index is 0.000000162. The maximum Gasteiger partial charge on any atom is 0.127 e. The summed E-state index contributed by atoms with van der Waals surface area (Å²) in [6, 6.07) is 132. The van der Waals surface area contributed by atoms with Crippen molar-refractivity contribution in [2.45, 2.75) is 268 Å². The zero-order valence-electron chi connectivity index (χ0n) is 92.7. The minimum Gasteiger partial charge on any atom is -0.457 e. The lowest BCUT2D eigenvalue weighted by Gasteiger charge is -2.29. The predicted octanol–water partition coefficient (Wildman–Crippen LogP) is 38.4. The van der Waals surface area contributed by atoms with Crippen molar-refractivity contribution >= 4 is 0 Å². The first-order chi connectivity index (χ1) is 68.4. The molecule has 0 atom stereocenters. The van der Waals surface area contributed by atoms with E-state index in [2.05, 4.69) is 523 Å². The van der Waals surface area contributed by atoms with Gasteiger partial charge in [-0.05, 0) is 392 Å². The molecule has 0 aliphatic rings. The molecule has 0 N–H and O–H groups in total. The van der Waals surface area contributed by atoms with Crippen LogP contribution in [0.5, 0.6) is 23.0 Å². The minimum atomic E-state index is -0.134. The highest BCUT2D eigenvalue weighted by Crippen LogP contribution is 2.40. The highest BCUT2D eigenvalue weighted by Gasteiger charge is 2.29. The van der Waals surface area contributed by atoms with E-state index in [1.165, 1.54) is 211 Å². The van der Waals surface area contributed by atoms with Crippen molar-refractivity contribution in [1.82, 2.24) is 0 Å². The van der Waals surface area contributed by atoms with Gasteiger partial charge in [0.05, 0.1) is 0 Å². The predicted molar refractivity (Wildman–Crippen MR) is 623 cm³/mol. The third-order valence-electron chi connectivity index (χ3n) is 29.7. The lowest BCUT2D eigenvalue weighted by Crippen LogP contribution is -2.21. The number of hydrogen-bond acceptors (Lipinski definition) is 2. The van der Waals surface area contributed by atoms with Crippen molar-refractivity contribution in [1.29, 1.82) is 0 Å². The van der Waals surface area contributed by atoms with Gasteiger partial charge in [-0.2, -0.15) is 0 Å². The van der Waals surface area contributed by atoms with E-state index in [0.29, 0.717) is 0 Å². The first kappa shape index (κ1) is 111. The smallest absolute Gasteiger partial charge is 0.127 e. The Hall–Kier alpha value is -13.7. The summed E-state index contributed by atoms with van der Waals surface area (Å²) in [4.78, 5) is 0. The second-order valence-electron chi connectivity index (χ2n) is 42.9. The first-order valence-corrected chi connectivity index (χ1v) is 52.1. The Morgan fingerprint density at radius 3 is 0.535 bits per heavy atom. The van der Waals surface area contributed by atoms with Crippen LogP contribution in [0, 0.1) is 138 Å². The Morgan fingerprint density at radius 1 is 0.153 bits per heavy atom. The molecule has 17 aromatic carbocycles. The highest BCUT2D eigenvalue weighted by atomic mass is 16.5. The SMILES string of the molecule is CCc1cc(Cc2ccc(C)c(CC)c2)ccc1C.Cc1cc(Cc2cc(C)c(C)c(C)c2)cc(C)c1C.Cc1ccc(C(C)(C)c2ccc(C(C)(C)c3ccc(C)cc3)cc2)cc1.Cc1ccc(C(C)(C)c2ccc(C)cc2)cc1.Cc1ccc(Cc2ccc(C)c(C)c2)cc1C.Cc1ccc(Cc2ccc(C)cc2)cc1.Cc1ccc(Oc2ccc(C(C)(C)c3ccc(Oc4ccc(C)cc4)cc3)cc2)cc1. The van der Waals surface area contributed by atoms with Crippen molar-refractivity contribution in [2.24, 2.45) is 0 Å². The van der Waals surface area contributed by atoms with Gasteiger partial charge in [0.2, 0.25) is 0 Å². The molecule has 2 nitrogen and oxygen atoms in total. The zero-order chi connectivity index (χ0) is 104. The molecule has 17 rings (SSSR count). The van der Waals surface area contributed by atoms with Gasteiger partial charge >= 0.3 is 0 Å². The average molecular weight is 1900 g/mol. The molecule has 0 saturated carbocycles. The maximum atomic E-state index is 5.97. The van der Waals surface area contributed by atoms with Gasteiger partial charge in [-0.15, -0.1) is 0 Å². The molecule has 0 fully saturated rings. The number of benzene rings is 17. The molecule has 17 aromatic rings. The monoisotopic (exact) mass is 1900 g/mol. The summed E-state index contributed by atoms with van der Waals surface area (Å²) in [6.45, 7) is 65.9. The Bertz CT molecular complexity index is 6490. The van der Waals surface area contributed by atoms with Gasteiger partial charge in [-0.3, -0.25) is 0 Å². The van der Waals surface area contributed by atoms with E-state index in [0.717, 1.165) is 61.5 Å². The number of aryl methyl sites for hydroxylation is 20. The van der Waals surface area contributed by atoms with Crippen molar-refractivity contribution < 1.29 is 9.47 Å². The van der Waals surface area contributed by atoms with Gasteiger partial charge < -0.3 is 9.47 Å². The fourth-order valence-corrected chi connectivity index (χ4v) is 18.3. The van der Waals surface area contributed by atoms with E-state index < -0.39 is 0 Å². The van der Waals surface area contributed by atoms with E-state index in [-0.39, 0.29) is 21.7 Å². The first-order valence-electron chi connectivity index (χ1n) is 52.1. The van der Waals surface area contributed by atoms with Crippen LogP contribution in [0.1, 0.15) is 281 Å². The molecule has 2 heteroatoms. The summed E-state index contributed by atoms with van der Waals surface area (Å²) in [5.74, 6) is 3.37. The van der Waals surface area contributed by atoms with E-state index in [1.54, 1.807) is 0 Å². The maximum absolute atomic E-state index is 5.97. The van der Waals surface area contributed by atoms with Gasteiger partial charge in [-0.1, -0.05) is 429 Å². The minimum absolute atomic E-state index is 0.000230. The van der Waals surface area contributed by atoms with Crippen LogP contribution in [-0.4, -0.2) is 0 Å². The summed E-state index contributed by atoms with van der Waals surface area (Å²) < 4.78 is 11.9. The largest absolute Gasteiger partial charge is 0.457 e. The van der Waals surface area contributed by atoms with Crippen molar-refractivity contribution in [2.75, 3.05) is 0 Å². The van der Waals surface area contributed by atoms with Crippen LogP contribution < -0.4 is 9.47 Å². The number of hydrogen-bond donors (Lipinski definition) is 0. The normalized spacial score (nSPS) is 11.2. The standard InChI is InChI=1S/C29H28O2.C26H30.2C19H24.2C17H20.C15H16/c1-21-5-13-25(14-6-21)30-27-17-9-23(10-18-27)29(3,4)24-11-19-28(20-12-24)31-26-15-7-22(2)8-16-26;1-19-7-11-21(12-8-19)25(3,4)23-15-17-24(18-16-23)26(5,6)22-13-9-20(2)10-14-22;1-12-7-18(8-13(2)16(12)5)11-19-9-14(3)17(6)15(4)10-19;1-5-18-12-16(9-7-14(18)3)11-17-10-8-15(4)19(6-2)13-17;1-13-5-9-15(10-6-13)17(3,4)16-11-7-14(2)8-12-16;1-12-5-7-16(9-14(12)3)11-17-8-6-13(2)15(4)10-17;1-12-3-7-14(8-4-12)11-15-9-5-13(2)6-10-15/h5-20H,1-4H3;7-18H,1-6H3;7-10H,11H2,1-6H3;7-10,12-13H,5-6,11H2,1-4H3;5-12H,1-4H3;5-10H,11H2,1-4H3;3-10H,11H2,1-2H3. The number of rotatable bonds is 22. The highest BCUT2D eigenvalue weighted by molar-refractivity contribution is 5.51. The molecule has 0 saturated heterocycles. The van der Waals surface area contributed by atoms with Crippen molar-refractivity contribution in [3.63, 3.8) is 0 Å². The summed E-state index contributed by atoms with van der Waals surface area (Å²) in [5, 5.41) is 0. The van der Waals surface area contributed by atoms with E-state index in [9.17, 15) is 0 Å². The summed E-state index contributed by atoms with van der Waals surface area (Å²) in [5.41, 5.74) is 51.8. The van der Waals surface area contributed by atoms with Gasteiger partial charge in [0.15, 0.2) is 0 Å². The molecule has 0 bridgehead atoms. The van der Waals surface area contributed by atoms with Crippen LogP contribution >= 0.6 is 0 Å². The Morgan fingerprint density at radius 2 is 0.312 bits per heavy atom. The van der Waals surface area contributed by atoms with Crippen LogP contribution in [0.25, 0.3) is 0 Å². The summed E-state index contributed by atoms with van der Waals surface area (Å²) in [7, 11) is 0. The Labute approximate surface area is 869 Å². The summed E-state index contributed by atoms with van der Waals surface area (Å²) >= 11 is 0. The molecule has 0 heterocycles. The average Bonchev–Trinajstić information content (AvgIpc) is 0.743. The molecule has 144 heavy (non-hydrogen) atoms. The van der Waals surface area contributed by atoms with Crippen LogP contribution in [0.3, 0.4) is 0 Å². The fourth-order valence-electron chi connectivity index (χ4n) is 18.3. The molecular formula is C142H162O2. The molecule has 742 valence electrons. The second kappa shape index (κ2) is 51.0. The van der Waals surface area contributed by atoms with Gasteiger partial charge in [0.1, 0.15) is 23.0 Å². The van der Waals surface area contributed by atoms with Crippen molar-refractivity contribution in [3.8, 4) is 23.0 Å². The number of ether oxygens (including phenoxy) is 2. The molecule has 0 spiro atoms. The third-order valence-corrected chi connectivity index (χ3v) is 29.7. The molecule has 0 amide bonds. The van der Waals surface area contributed by atoms with Gasteiger partial charge in [-0.25, -0.2) is 0 Å². The fraction of sp³-hybridized carbons (Fsp3) is 0.282. The lowest BCUT2D eigenvalue weighted by molar-refractivity contribution is 0.481. The molecule has 0 aliphatic carbocycles. The zero-order valence-corrected chi connectivity index (χ0v) is 92.7. The van der Waals surface area contributed by atoms with E-state index in [4.69, 9.17) is 9.47 Å². The van der Waals surface area contributed by atoms with Gasteiger partial charge in [0, 0.05) is 21.7 Å². The molecule has 0 radical (unpaired) electrons. The Kier molecular flexibility index (Phi) is 39.2. The molecule has 0 aromatic heterocycles. The van der Waals surface area contributed by atoms with Gasteiger partial charge in [0.25, 0.3) is 0 Å². The molecular weight excluding hydrogens is 1740 g/mol. The van der Waals surface area contributed by atoms with Crippen LogP contribution in [0.15, 0.2) is 364 Å². The van der Waals surface area contributed by atoms with Crippen LogP contribution in [-0.2, 0) is 60.2 Å². The third kappa shape index (κ3) is 31.7. The topological polar surface area (TPSA) is 18.5 Å². The van der Waals surface area contributed by atoms with Crippen LogP contribution in [0.4, 0.5) is 0 Å². The van der Waals surface area contributed by atoms with E-state index in [1.807, 2.05) is 48.5 Å². The quantitative estimate of drug-likeness (QED) is 0.0673. The van der Waals surface area contributed by atoms with E-state index >= 15 is 0 Å². The van der Waals surface area contributed by atoms with Crippen molar-refractivity contribution in [3.05, 3.63) is 575 Å². The molecule has 0 unspecified atom stereocenters.